The minimum absolute atomic E-state index is 0.0111. The van der Waals surface area contributed by atoms with Crippen LogP contribution in [-0.2, 0) is 11.3 Å². The summed E-state index contributed by atoms with van der Waals surface area (Å²) in [7, 11) is 0. The minimum atomic E-state index is -0.149. The molecule has 0 aliphatic carbocycles. The number of hydrogen-bond acceptors (Lipinski definition) is 3. The summed E-state index contributed by atoms with van der Waals surface area (Å²) in [5, 5.41) is 2.89. The van der Waals surface area contributed by atoms with Gasteiger partial charge in [0.2, 0.25) is 0 Å². The monoisotopic (exact) mass is 352 g/mol. The smallest absolute Gasteiger partial charge is 0.262 e. The molecule has 2 aromatic rings. The van der Waals surface area contributed by atoms with Gasteiger partial charge >= 0.3 is 0 Å². The van der Waals surface area contributed by atoms with E-state index in [1.807, 2.05) is 43.3 Å². The van der Waals surface area contributed by atoms with Crippen LogP contribution in [0, 0.1) is 12.8 Å². The summed E-state index contributed by atoms with van der Waals surface area (Å²) in [4.78, 5) is 14.6. The fraction of sp³-hybridized carbons (Fsp3) is 0.409. The Morgan fingerprint density at radius 2 is 1.88 bits per heavy atom. The molecule has 0 saturated carbocycles. The van der Waals surface area contributed by atoms with E-state index < -0.39 is 0 Å². The lowest BCUT2D eigenvalue weighted by molar-refractivity contribution is -0.118. The third-order valence-corrected chi connectivity index (χ3v) is 4.88. The second-order valence-electron chi connectivity index (χ2n) is 7.31. The predicted octanol–water partition coefficient (Wildman–Crippen LogP) is 4.24. The first-order valence-electron chi connectivity index (χ1n) is 9.39. The van der Waals surface area contributed by atoms with Gasteiger partial charge in [-0.25, -0.2) is 0 Å². The zero-order valence-corrected chi connectivity index (χ0v) is 15.7. The molecule has 1 heterocycles. The fourth-order valence-electron chi connectivity index (χ4n) is 3.22. The molecule has 0 bridgehead atoms. The van der Waals surface area contributed by atoms with Crippen LogP contribution in [0.15, 0.2) is 48.5 Å². The van der Waals surface area contributed by atoms with Gasteiger partial charge in [-0.1, -0.05) is 31.2 Å². The van der Waals surface area contributed by atoms with Crippen molar-refractivity contribution in [1.82, 2.24) is 4.90 Å². The molecule has 0 spiro atoms. The van der Waals surface area contributed by atoms with E-state index in [0.717, 1.165) is 23.7 Å². The van der Waals surface area contributed by atoms with Crippen LogP contribution in [0.25, 0.3) is 0 Å². The maximum absolute atomic E-state index is 12.1. The number of hydrogen-bond donors (Lipinski definition) is 1. The number of likely N-dealkylation sites (tertiary alicyclic amines) is 1. The summed E-state index contributed by atoms with van der Waals surface area (Å²) >= 11 is 0. The molecule has 0 unspecified atom stereocenters. The van der Waals surface area contributed by atoms with Gasteiger partial charge < -0.3 is 10.1 Å². The van der Waals surface area contributed by atoms with Gasteiger partial charge in [-0.2, -0.15) is 0 Å². The Bertz CT molecular complexity index is 719. The maximum atomic E-state index is 12.1. The Morgan fingerprint density at radius 1 is 1.15 bits per heavy atom. The van der Waals surface area contributed by atoms with Crippen molar-refractivity contribution in [1.29, 1.82) is 0 Å². The molecule has 26 heavy (non-hydrogen) atoms. The Hall–Kier alpha value is -2.33. The van der Waals surface area contributed by atoms with Crippen molar-refractivity contribution in [3.05, 3.63) is 59.7 Å². The molecule has 0 radical (unpaired) electrons. The van der Waals surface area contributed by atoms with Crippen LogP contribution >= 0.6 is 0 Å². The highest BCUT2D eigenvalue weighted by atomic mass is 16.5. The van der Waals surface area contributed by atoms with E-state index in [2.05, 4.69) is 29.3 Å². The molecule has 4 nitrogen and oxygen atoms in total. The first-order valence-corrected chi connectivity index (χ1v) is 9.39. The number of rotatable bonds is 6. The van der Waals surface area contributed by atoms with Gasteiger partial charge in [-0.05, 0) is 74.2 Å². The number of carbonyl (C=O) groups is 1. The molecule has 1 amide bonds. The lowest BCUT2D eigenvalue weighted by atomic mass is 9.99. The molecule has 0 atom stereocenters. The molecule has 2 aromatic carbocycles. The molecular formula is C22H28N2O2. The van der Waals surface area contributed by atoms with Gasteiger partial charge in [-0.3, -0.25) is 9.69 Å². The maximum Gasteiger partial charge on any atom is 0.262 e. The summed E-state index contributed by atoms with van der Waals surface area (Å²) in [5.74, 6) is 1.42. The summed E-state index contributed by atoms with van der Waals surface area (Å²) < 4.78 is 5.53. The van der Waals surface area contributed by atoms with Crippen molar-refractivity contribution >= 4 is 11.6 Å². The Labute approximate surface area is 156 Å². The molecule has 1 N–H and O–H groups in total. The highest BCUT2D eigenvalue weighted by Crippen LogP contribution is 2.19. The minimum Gasteiger partial charge on any atom is -0.484 e. The number of ether oxygens (including phenoxy) is 1. The Balaban J connectivity index is 1.45. The number of piperidine rings is 1. The van der Waals surface area contributed by atoms with Crippen LogP contribution in [0.2, 0.25) is 0 Å². The number of anilines is 1. The standard InChI is InChI=1S/C22H28N2O2/c1-17-10-12-24(13-11-17)15-19-6-8-20(9-7-19)23-22(25)16-26-21-5-3-4-18(2)14-21/h3-9,14,17H,10-13,15-16H2,1-2H3,(H,23,25). The second-order valence-corrected chi connectivity index (χ2v) is 7.31. The molecule has 138 valence electrons. The number of aryl methyl sites for hydroxylation is 1. The zero-order chi connectivity index (χ0) is 18.4. The van der Waals surface area contributed by atoms with Crippen molar-refractivity contribution in [2.24, 2.45) is 5.92 Å². The quantitative estimate of drug-likeness (QED) is 0.845. The fourth-order valence-corrected chi connectivity index (χ4v) is 3.22. The van der Waals surface area contributed by atoms with Crippen LogP contribution in [0.1, 0.15) is 30.9 Å². The number of amides is 1. The second kappa shape index (κ2) is 8.86. The zero-order valence-electron chi connectivity index (χ0n) is 15.7. The van der Waals surface area contributed by atoms with Crippen molar-refractivity contribution in [3.63, 3.8) is 0 Å². The van der Waals surface area contributed by atoms with E-state index in [-0.39, 0.29) is 12.5 Å². The number of benzene rings is 2. The molecular weight excluding hydrogens is 324 g/mol. The van der Waals surface area contributed by atoms with Gasteiger partial charge in [-0.15, -0.1) is 0 Å². The first kappa shape index (κ1) is 18.5. The van der Waals surface area contributed by atoms with Crippen LogP contribution in [0.5, 0.6) is 5.75 Å². The van der Waals surface area contributed by atoms with Crippen molar-refractivity contribution < 1.29 is 9.53 Å². The van der Waals surface area contributed by atoms with E-state index in [9.17, 15) is 4.79 Å². The van der Waals surface area contributed by atoms with Crippen LogP contribution in [0.3, 0.4) is 0 Å². The molecule has 0 aromatic heterocycles. The summed E-state index contributed by atoms with van der Waals surface area (Å²) in [5.41, 5.74) is 3.20. The molecule has 1 aliphatic heterocycles. The van der Waals surface area contributed by atoms with Crippen molar-refractivity contribution in [2.45, 2.75) is 33.2 Å². The SMILES string of the molecule is Cc1cccc(OCC(=O)Nc2ccc(CN3CCC(C)CC3)cc2)c1. The number of nitrogens with zero attached hydrogens (tertiary/aromatic N) is 1. The largest absolute Gasteiger partial charge is 0.484 e. The van der Waals surface area contributed by atoms with Gasteiger partial charge in [0, 0.05) is 12.2 Å². The molecule has 1 aliphatic rings. The van der Waals surface area contributed by atoms with Gasteiger partial charge in [0.15, 0.2) is 6.61 Å². The molecule has 1 saturated heterocycles. The van der Waals surface area contributed by atoms with Crippen LogP contribution in [0.4, 0.5) is 5.69 Å². The molecule has 4 heteroatoms. The lowest BCUT2D eigenvalue weighted by Gasteiger charge is -2.30. The van der Waals surface area contributed by atoms with Crippen molar-refractivity contribution in [3.8, 4) is 5.75 Å². The highest BCUT2D eigenvalue weighted by molar-refractivity contribution is 5.91. The average molecular weight is 352 g/mol. The first-order chi connectivity index (χ1) is 12.6. The third-order valence-electron chi connectivity index (χ3n) is 4.88. The van der Waals surface area contributed by atoms with Gasteiger partial charge in [0.05, 0.1) is 0 Å². The van der Waals surface area contributed by atoms with E-state index in [1.54, 1.807) is 0 Å². The molecule has 3 rings (SSSR count). The number of nitrogens with one attached hydrogen (secondary N) is 1. The predicted molar refractivity (Wildman–Crippen MR) is 105 cm³/mol. The van der Waals surface area contributed by atoms with Crippen molar-refractivity contribution in [2.75, 3.05) is 25.0 Å². The van der Waals surface area contributed by atoms with Crippen LogP contribution < -0.4 is 10.1 Å². The summed E-state index contributed by atoms with van der Waals surface area (Å²) in [6.45, 7) is 7.68. The van der Waals surface area contributed by atoms with Gasteiger partial charge in [0.1, 0.15) is 5.75 Å². The topological polar surface area (TPSA) is 41.6 Å². The summed E-state index contributed by atoms with van der Waals surface area (Å²) in [6, 6.07) is 15.8. The Kier molecular flexibility index (Phi) is 6.29. The third kappa shape index (κ3) is 5.60. The normalized spacial score (nSPS) is 15.6. The number of carbonyl (C=O) groups excluding carboxylic acids is 1. The average Bonchev–Trinajstić information content (AvgIpc) is 2.64. The van der Waals surface area contributed by atoms with Gasteiger partial charge in [0.25, 0.3) is 5.91 Å². The summed E-state index contributed by atoms with van der Waals surface area (Å²) in [6.07, 6.45) is 2.57. The van der Waals surface area contributed by atoms with E-state index in [1.165, 1.54) is 31.5 Å². The van der Waals surface area contributed by atoms with E-state index >= 15 is 0 Å². The van der Waals surface area contributed by atoms with Crippen LogP contribution in [-0.4, -0.2) is 30.5 Å². The Morgan fingerprint density at radius 3 is 2.58 bits per heavy atom. The van der Waals surface area contributed by atoms with E-state index in [0.29, 0.717) is 5.75 Å². The highest BCUT2D eigenvalue weighted by Gasteiger charge is 2.15. The molecule has 1 fully saturated rings. The van der Waals surface area contributed by atoms with E-state index in [4.69, 9.17) is 4.74 Å². The lowest BCUT2D eigenvalue weighted by Crippen LogP contribution is -2.32.